The van der Waals surface area contributed by atoms with E-state index in [0.717, 1.165) is 6.42 Å². The van der Waals surface area contributed by atoms with Gasteiger partial charge in [0.1, 0.15) is 12.2 Å². The fraction of sp³-hybridized carbons (Fsp3) is 0.360. The molecule has 0 radical (unpaired) electrons. The molecule has 30 heavy (non-hydrogen) atoms. The molecule has 0 aromatic heterocycles. The van der Waals surface area contributed by atoms with E-state index in [1.54, 1.807) is 30.3 Å². The Bertz CT molecular complexity index is 892. The molecule has 0 bridgehead atoms. The molecule has 156 valence electrons. The first kappa shape index (κ1) is 20.4. The number of ether oxygens (including phenoxy) is 2. The predicted molar refractivity (Wildman–Crippen MR) is 112 cm³/mol. The van der Waals surface area contributed by atoms with Gasteiger partial charge in [-0.15, -0.1) is 0 Å². The van der Waals surface area contributed by atoms with Crippen molar-refractivity contribution in [3.8, 4) is 0 Å². The first-order valence-electron chi connectivity index (χ1n) is 10.5. The summed E-state index contributed by atoms with van der Waals surface area (Å²) < 4.78 is 11.2. The van der Waals surface area contributed by atoms with Crippen LogP contribution in [0.25, 0.3) is 0 Å². The lowest BCUT2D eigenvalue weighted by molar-refractivity contribution is -0.141. The fourth-order valence-electron chi connectivity index (χ4n) is 4.38. The Balaban J connectivity index is 1.41. The number of carbonyl (C=O) groups is 2. The number of hydrogen-bond acceptors (Lipinski definition) is 5. The molecule has 1 saturated heterocycles. The van der Waals surface area contributed by atoms with Crippen molar-refractivity contribution in [1.82, 2.24) is 0 Å². The van der Waals surface area contributed by atoms with Crippen molar-refractivity contribution in [2.24, 2.45) is 11.8 Å². The molecule has 5 nitrogen and oxygen atoms in total. The van der Waals surface area contributed by atoms with Crippen molar-refractivity contribution in [1.29, 1.82) is 0 Å². The van der Waals surface area contributed by atoms with Crippen LogP contribution in [-0.4, -0.2) is 35.4 Å². The lowest BCUT2D eigenvalue weighted by Crippen LogP contribution is -2.25. The van der Waals surface area contributed by atoms with Crippen molar-refractivity contribution in [3.05, 3.63) is 83.9 Å². The molecule has 0 spiro atoms. The quantitative estimate of drug-likeness (QED) is 0.561. The molecule has 1 aliphatic heterocycles. The smallest absolute Gasteiger partial charge is 0.338 e. The van der Waals surface area contributed by atoms with Gasteiger partial charge in [-0.25, -0.2) is 4.79 Å². The van der Waals surface area contributed by atoms with E-state index in [1.807, 2.05) is 42.5 Å². The SMILES string of the molecule is O=C1C[C@@H]2[C@@H](C=C[C@H](O)CCc3ccccc3)[C@H](OC(=O)c3ccccc3)C[C@@H]2O1. The average molecular weight is 406 g/mol. The molecule has 1 heterocycles. The summed E-state index contributed by atoms with van der Waals surface area (Å²) in [6.07, 6.45) is 4.65. The van der Waals surface area contributed by atoms with E-state index < -0.39 is 6.10 Å². The number of esters is 2. The van der Waals surface area contributed by atoms with Gasteiger partial charge in [-0.1, -0.05) is 60.7 Å². The van der Waals surface area contributed by atoms with Crippen LogP contribution in [0.4, 0.5) is 0 Å². The minimum atomic E-state index is -0.604. The molecule has 2 aromatic carbocycles. The number of carbonyl (C=O) groups excluding carboxylic acids is 2. The zero-order valence-electron chi connectivity index (χ0n) is 16.7. The highest BCUT2D eigenvalue weighted by Crippen LogP contribution is 2.43. The van der Waals surface area contributed by atoms with Crippen LogP contribution in [-0.2, 0) is 20.7 Å². The molecule has 5 heteroatoms. The van der Waals surface area contributed by atoms with Gasteiger partial charge in [0.25, 0.3) is 0 Å². The van der Waals surface area contributed by atoms with Crippen LogP contribution in [0.3, 0.4) is 0 Å². The van der Waals surface area contributed by atoms with Gasteiger partial charge in [-0.05, 0) is 30.5 Å². The molecule has 2 aromatic rings. The topological polar surface area (TPSA) is 72.8 Å². The van der Waals surface area contributed by atoms with Gasteiger partial charge in [-0.3, -0.25) is 4.79 Å². The van der Waals surface area contributed by atoms with Crippen molar-refractivity contribution in [3.63, 3.8) is 0 Å². The van der Waals surface area contributed by atoms with E-state index in [4.69, 9.17) is 9.47 Å². The maximum atomic E-state index is 12.5. The molecular formula is C25H26O5. The van der Waals surface area contributed by atoms with E-state index in [-0.39, 0.29) is 36.0 Å². The van der Waals surface area contributed by atoms with Crippen LogP contribution in [0.2, 0.25) is 0 Å². The lowest BCUT2D eigenvalue weighted by atomic mass is 9.91. The minimum absolute atomic E-state index is 0.0244. The second-order valence-corrected chi connectivity index (χ2v) is 8.00. The van der Waals surface area contributed by atoms with E-state index in [9.17, 15) is 14.7 Å². The van der Waals surface area contributed by atoms with E-state index in [2.05, 4.69) is 0 Å². The van der Waals surface area contributed by atoms with Gasteiger partial charge in [0, 0.05) is 18.3 Å². The zero-order valence-corrected chi connectivity index (χ0v) is 16.7. The molecule has 0 unspecified atom stereocenters. The Morgan fingerprint density at radius 2 is 1.83 bits per heavy atom. The Kier molecular flexibility index (Phi) is 6.29. The van der Waals surface area contributed by atoms with Crippen LogP contribution in [0, 0.1) is 11.8 Å². The second-order valence-electron chi connectivity index (χ2n) is 8.00. The van der Waals surface area contributed by atoms with Gasteiger partial charge >= 0.3 is 11.9 Å². The highest BCUT2D eigenvalue weighted by atomic mass is 16.6. The summed E-state index contributed by atoms with van der Waals surface area (Å²) in [6.45, 7) is 0. The number of rotatable bonds is 7. The number of aliphatic hydroxyl groups is 1. The van der Waals surface area contributed by atoms with Crippen molar-refractivity contribution < 1.29 is 24.2 Å². The zero-order chi connectivity index (χ0) is 20.9. The van der Waals surface area contributed by atoms with Crippen LogP contribution in [0.1, 0.15) is 35.2 Å². The molecule has 2 aliphatic rings. The molecular weight excluding hydrogens is 380 g/mol. The summed E-state index contributed by atoms with van der Waals surface area (Å²) in [6, 6.07) is 18.9. The summed E-state index contributed by atoms with van der Waals surface area (Å²) in [7, 11) is 0. The molecule has 2 fully saturated rings. The highest BCUT2D eigenvalue weighted by Gasteiger charge is 2.50. The lowest BCUT2D eigenvalue weighted by Gasteiger charge is -2.20. The number of hydrogen-bond donors (Lipinski definition) is 1. The maximum Gasteiger partial charge on any atom is 0.338 e. The van der Waals surface area contributed by atoms with E-state index in [0.29, 0.717) is 24.8 Å². The third-order valence-electron chi connectivity index (χ3n) is 5.95. The first-order valence-corrected chi connectivity index (χ1v) is 10.5. The molecule has 5 atom stereocenters. The van der Waals surface area contributed by atoms with Gasteiger partial charge < -0.3 is 14.6 Å². The van der Waals surface area contributed by atoms with Gasteiger partial charge in [-0.2, -0.15) is 0 Å². The third kappa shape index (κ3) is 4.79. The first-order chi connectivity index (χ1) is 14.6. The van der Waals surface area contributed by atoms with Gasteiger partial charge in [0.2, 0.25) is 0 Å². The maximum absolute atomic E-state index is 12.5. The molecule has 4 rings (SSSR count). The Hall–Kier alpha value is -2.92. The Morgan fingerprint density at radius 3 is 2.57 bits per heavy atom. The predicted octanol–water partition coefficient (Wildman–Crippen LogP) is 3.71. The molecule has 1 saturated carbocycles. The standard InChI is InChI=1S/C25H26O5/c26-19(12-11-17-7-3-1-4-8-17)13-14-20-21-15-24(27)29-23(21)16-22(20)30-25(28)18-9-5-2-6-10-18/h1-10,13-14,19-23,26H,11-12,15-16H2/t19-,20-,21-,22-,23+/m1/s1. The summed E-state index contributed by atoms with van der Waals surface area (Å²) in [4.78, 5) is 24.3. The van der Waals surface area contributed by atoms with Crippen molar-refractivity contribution >= 4 is 11.9 Å². The summed E-state index contributed by atoms with van der Waals surface area (Å²) in [5.41, 5.74) is 1.67. The van der Waals surface area contributed by atoms with Crippen LogP contribution >= 0.6 is 0 Å². The summed E-state index contributed by atoms with van der Waals surface area (Å²) in [5.74, 6) is -0.764. The number of aryl methyl sites for hydroxylation is 1. The average Bonchev–Trinajstić information content (AvgIpc) is 3.27. The normalized spacial score (nSPS) is 26.4. The molecule has 1 aliphatic carbocycles. The van der Waals surface area contributed by atoms with Crippen LogP contribution in [0.5, 0.6) is 0 Å². The Labute approximate surface area is 176 Å². The van der Waals surface area contributed by atoms with Gasteiger partial charge in [0.15, 0.2) is 0 Å². The largest absolute Gasteiger partial charge is 0.462 e. The van der Waals surface area contributed by atoms with Crippen molar-refractivity contribution in [2.75, 3.05) is 0 Å². The van der Waals surface area contributed by atoms with Crippen LogP contribution in [0.15, 0.2) is 72.8 Å². The number of aliphatic hydroxyl groups excluding tert-OH is 1. The number of fused-ring (bicyclic) bond motifs is 1. The van der Waals surface area contributed by atoms with Crippen LogP contribution < -0.4 is 0 Å². The minimum Gasteiger partial charge on any atom is -0.462 e. The van der Waals surface area contributed by atoms with Gasteiger partial charge in [0.05, 0.1) is 18.1 Å². The summed E-state index contributed by atoms with van der Waals surface area (Å²) in [5, 5.41) is 10.4. The van der Waals surface area contributed by atoms with E-state index >= 15 is 0 Å². The number of benzene rings is 2. The molecule has 1 N–H and O–H groups in total. The third-order valence-corrected chi connectivity index (χ3v) is 5.95. The summed E-state index contributed by atoms with van der Waals surface area (Å²) >= 11 is 0. The second kappa shape index (κ2) is 9.26. The van der Waals surface area contributed by atoms with E-state index in [1.165, 1.54) is 5.56 Å². The fourth-order valence-corrected chi connectivity index (χ4v) is 4.38. The Morgan fingerprint density at radius 1 is 1.13 bits per heavy atom. The van der Waals surface area contributed by atoms with Crippen molar-refractivity contribution in [2.45, 2.75) is 44.0 Å². The monoisotopic (exact) mass is 406 g/mol. The molecule has 0 amide bonds. The highest BCUT2D eigenvalue weighted by molar-refractivity contribution is 5.89.